The van der Waals surface area contributed by atoms with Crippen molar-refractivity contribution in [1.29, 1.82) is 0 Å². The van der Waals surface area contributed by atoms with Gasteiger partial charge in [-0.05, 0) is 203 Å². The SMILES string of the molecule is COC(=O)COc1ccc(S(=O)(=O)n2c(S(=O)Cc3ncc(C)c(OC)c3C)nc3cc(CO)ccc32)cc1.COC(=O)COc1ccc(S(=O)[O-])cc1.COc1c(C)cnc(CS(=O)c2nc3cc(CO)ccc3n2S(=O)(=O)c2ccc(OCC(=O)O)cc2)c1C.COc1c(C)cnc(CS(=O)c2nc3cc(CO)ccc3n2S(=O)(=O)c2ccc(OCC(=O)[O-])cc2)c1C.O.[Na+]. The second kappa shape index (κ2) is 47.0. The van der Waals surface area contributed by atoms with E-state index in [1.807, 2.05) is 20.8 Å². The van der Waals surface area contributed by atoms with Crippen LogP contribution < -0.4 is 67.8 Å². The summed E-state index contributed by atoms with van der Waals surface area (Å²) in [5, 5.41) is 47.4. The van der Waals surface area contributed by atoms with Crippen molar-refractivity contribution in [3.8, 4) is 40.2 Å². The molecule has 0 saturated heterocycles. The number of aliphatic hydroxyl groups excluding tert-OH is 3. The van der Waals surface area contributed by atoms with Gasteiger partial charge in [0.1, 0.15) is 46.9 Å². The van der Waals surface area contributed by atoms with Crippen LogP contribution in [-0.2, 0) is 139 Å². The Morgan fingerprint density at radius 2 is 0.667 bits per heavy atom. The predicted octanol–water partition coefficient (Wildman–Crippen LogP) is 3.08. The van der Waals surface area contributed by atoms with Gasteiger partial charge in [-0.25, -0.2) is 66.5 Å². The number of carbonyl (C=O) groups is 4. The van der Waals surface area contributed by atoms with Gasteiger partial charge in [0.05, 0.1) is 176 Å². The number of fused-ring (bicyclic) bond motifs is 3. The number of esters is 2. The molecule has 0 aliphatic heterocycles. The maximum absolute atomic E-state index is 13.9. The van der Waals surface area contributed by atoms with Gasteiger partial charge in [-0.1, -0.05) is 18.2 Å². The Morgan fingerprint density at radius 1 is 0.402 bits per heavy atom. The third kappa shape index (κ3) is 25.1. The number of rotatable bonds is 34. The standard InChI is InChI=1S/C26H27N3O8S2.2C25H25N3O8S2.C9H10O5S.Na.H2O/c1-16-12-27-22(17(2)25(16)36-4)15-38(32)26-28-21-11-18(13-30)5-10-23(21)29(26)39(33,34)20-8-6-19(7-9-20)37-14-24(31)35-3;2*1-15-11-26-21(16(2)24(15)35-3)14-37(32)25-27-20-10-17(12-29)4-9-22(20)28(25)38(33,34)19-7-5-18(6-8-19)36-13-23(30)31;1-13-9(10)6-14-7-2-4-8(5-3-7)15(11)12;;/h5-12,30H,13-15H2,1-4H3;2*4-11,29H,12-14H2,1-3H3,(H,30,31);2-5H,6H2,1H3,(H,11,12);;1H2/q;;;;+1;/p-2. The van der Waals surface area contributed by atoms with Crippen molar-refractivity contribution < 1.29 is 169 Å². The average Bonchev–Trinajstić information content (AvgIpc) is 1.59. The minimum absolute atomic E-state index is 0. The van der Waals surface area contributed by atoms with Crippen LogP contribution in [0.3, 0.4) is 0 Å². The second-order valence-electron chi connectivity index (χ2n) is 27.7. The summed E-state index contributed by atoms with van der Waals surface area (Å²) >= 11 is -2.25. The molecule has 0 aliphatic rings. The molecule has 0 saturated carbocycles. The van der Waals surface area contributed by atoms with Crippen LogP contribution in [-0.4, -0.2) is 200 Å². The summed E-state index contributed by atoms with van der Waals surface area (Å²) in [6.45, 7) is 8.24. The van der Waals surface area contributed by atoms with E-state index in [9.17, 15) is 86.2 Å². The van der Waals surface area contributed by atoms with Crippen LogP contribution in [0.15, 0.2) is 205 Å². The monoisotopic (exact) mass is 1960 g/mol. The van der Waals surface area contributed by atoms with E-state index in [1.165, 1.54) is 163 Å². The Balaban J connectivity index is 0.000000224. The summed E-state index contributed by atoms with van der Waals surface area (Å²) in [5.41, 5.74) is 8.75. The molecule has 4 atom stereocenters. The third-order valence-corrected chi connectivity index (χ3v) is 29.0. The van der Waals surface area contributed by atoms with E-state index in [-0.39, 0.29) is 171 Å². The van der Waals surface area contributed by atoms with E-state index in [0.717, 1.165) is 28.6 Å². The maximum Gasteiger partial charge on any atom is 1.00 e. The number of nitrogens with zero attached hydrogens (tertiary/aromatic N) is 9. The zero-order chi connectivity index (χ0) is 94.8. The van der Waals surface area contributed by atoms with Crippen LogP contribution in [0, 0.1) is 41.5 Å². The van der Waals surface area contributed by atoms with Gasteiger partial charge < -0.3 is 83.0 Å². The van der Waals surface area contributed by atoms with Gasteiger partial charge in [0.2, 0.25) is 15.5 Å². The number of hydrogen-bond donors (Lipinski definition) is 4. The van der Waals surface area contributed by atoms with Crippen molar-refractivity contribution in [3.05, 3.63) is 237 Å². The van der Waals surface area contributed by atoms with Gasteiger partial charge in [0.25, 0.3) is 30.1 Å². The number of carbonyl (C=O) groups excluding carboxylic acids is 3. The fourth-order valence-electron chi connectivity index (χ4n) is 12.7. The number of aliphatic carboxylic acids is 2. The second-order valence-corrected chi connectivity index (χ2v) is 38.1. The van der Waals surface area contributed by atoms with E-state index in [1.54, 1.807) is 63.6 Å². The molecule has 0 spiro atoms. The number of aromatic nitrogens is 9. The van der Waals surface area contributed by atoms with Gasteiger partial charge in [0.15, 0.2) is 19.8 Å². The molecule has 4 unspecified atom stereocenters. The molecule has 0 bridgehead atoms. The van der Waals surface area contributed by atoms with Crippen LogP contribution in [0.2, 0.25) is 0 Å². The first-order valence-corrected chi connectivity index (χ1v) is 47.5. The van der Waals surface area contributed by atoms with Gasteiger partial charge in [-0.15, -0.1) is 0 Å². The Morgan fingerprint density at radius 3 is 0.909 bits per heavy atom. The number of ether oxygens (including phenoxy) is 9. The molecule has 39 nitrogen and oxygen atoms in total. The number of carboxylic acids is 2. The Labute approximate surface area is 788 Å². The molecule has 0 radical (unpaired) electrons. The van der Waals surface area contributed by atoms with Crippen molar-refractivity contribution in [3.63, 3.8) is 0 Å². The maximum atomic E-state index is 13.9. The quantitative estimate of drug-likeness (QED) is 0.0256. The molecular formula is C85H87N9NaO30S7-. The largest absolute Gasteiger partial charge is 1.00 e. The zero-order valence-electron chi connectivity index (χ0n) is 72.6. The Kier molecular flexibility index (Phi) is 37.5. The number of aryl methyl sites for hydroxylation is 3. The molecule has 13 aromatic rings. The molecule has 7 aromatic carbocycles. The first-order chi connectivity index (χ1) is 61.8. The normalized spacial score (nSPS) is 12.1. The number of hydrogen-bond acceptors (Lipinski definition) is 34. The molecule has 0 amide bonds. The molecule has 0 aliphatic carbocycles. The van der Waals surface area contributed by atoms with Gasteiger partial charge in [-0.3, -0.25) is 31.8 Å². The van der Waals surface area contributed by atoms with Crippen molar-refractivity contribution >= 4 is 131 Å². The first-order valence-electron chi connectivity index (χ1n) is 38.2. The number of carboxylic acid groups (broad SMARTS) is 2. The Hall–Kier alpha value is -11.9. The molecule has 0 fully saturated rings. The number of aliphatic hydroxyl groups is 3. The molecule has 6 aromatic heterocycles. The molecule has 47 heteroatoms. The van der Waals surface area contributed by atoms with Crippen molar-refractivity contribution in [2.75, 3.05) is 62.0 Å². The summed E-state index contributed by atoms with van der Waals surface area (Å²) in [7, 11) is -11.7. The minimum atomic E-state index is -4.32. The van der Waals surface area contributed by atoms with E-state index >= 15 is 0 Å². The van der Waals surface area contributed by atoms with Crippen LogP contribution in [0.4, 0.5) is 0 Å². The molecule has 6 N–H and O–H groups in total. The Bertz CT molecular complexity index is 6620. The molecule has 6 heterocycles. The predicted molar refractivity (Wildman–Crippen MR) is 471 cm³/mol. The molecule has 132 heavy (non-hydrogen) atoms. The van der Waals surface area contributed by atoms with Crippen molar-refractivity contribution in [1.82, 2.24) is 41.8 Å². The summed E-state index contributed by atoms with van der Waals surface area (Å²) in [6, 6.07) is 35.2. The van der Waals surface area contributed by atoms with E-state index in [4.69, 9.17) is 38.3 Å². The van der Waals surface area contributed by atoms with E-state index < -0.39 is 111 Å². The van der Waals surface area contributed by atoms with Crippen LogP contribution >= 0.6 is 0 Å². The van der Waals surface area contributed by atoms with Crippen molar-refractivity contribution in [2.45, 2.75) is 114 Å². The fourth-order valence-corrected chi connectivity index (χ4v) is 22.2. The third-order valence-electron chi connectivity index (χ3n) is 19.1. The first kappa shape index (κ1) is 105. The summed E-state index contributed by atoms with van der Waals surface area (Å²) < 4.78 is 193. The van der Waals surface area contributed by atoms with Gasteiger partial charge in [-0.2, -0.15) is 0 Å². The number of benzene rings is 7. The number of imidazole rings is 3. The topological polar surface area (TPSA) is 573 Å². The smallest absolute Gasteiger partial charge is 0.768 e. The van der Waals surface area contributed by atoms with Crippen molar-refractivity contribution in [2.24, 2.45) is 0 Å². The summed E-state index contributed by atoms with van der Waals surface area (Å²) in [4.78, 5) is 69.5. The number of methoxy groups -OCH3 is 5. The van der Waals surface area contributed by atoms with Crippen LogP contribution in [0.25, 0.3) is 33.1 Å². The summed E-state index contributed by atoms with van der Waals surface area (Å²) in [5.74, 6) is -1.21. The van der Waals surface area contributed by atoms with E-state index in [0.29, 0.717) is 73.5 Å². The molecule has 13 rings (SSSR count). The number of pyridine rings is 3. The van der Waals surface area contributed by atoms with E-state index in [2.05, 4.69) is 39.4 Å². The van der Waals surface area contributed by atoms with Crippen LogP contribution in [0.1, 0.15) is 67.2 Å². The average molecular weight is 1960 g/mol. The summed E-state index contributed by atoms with van der Waals surface area (Å²) in [6.07, 6.45) is 4.80. The van der Waals surface area contributed by atoms with Crippen LogP contribution in [0.5, 0.6) is 40.2 Å². The minimum Gasteiger partial charge on any atom is -0.768 e. The van der Waals surface area contributed by atoms with Gasteiger partial charge in [0, 0.05) is 56.9 Å². The van der Waals surface area contributed by atoms with Gasteiger partial charge >= 0.3 is 47.5 Å². The molecular weight excluding hydrogens is 1870 g/mol. The fraction of sp³-hybridized carbons (Fsp3) is 0.247. The zero-order valence-corrected chi connectivity index (χ0v) is 80.3. The molecule has 696 valence electrons.